The van der Waals surface area contributed by atoms with Crippen molar-refractivity contribution in [3.63, 3.8) is 0 Å². The average Bonchev–Trinajstić information content (AvgIpc) is 2.96. The molecule has 1 amide bonds. The molecule has 0 spiro atoms. The Hall–Kier alpha value is -1.94. The molecule has 1 aliphatic rings. The number of benzene rings is 1. The lowest BCUT2D eigenvalue weighted by Crippen LogP contribution is -2.11. The van der Waals surface area contributed by atoms with E-state index in [9.17, 15) is 4.79 Å². The van der Waals surface area contributed by atoms with Crippen LogP contribution in [0.4, 0.5) is 11.4 Å². The van der Waals surface area contributed by atoms with Crippen LogP contribution in [0.2, 0.25) is 5.22 Å². The van der Waals surface area contributed by atoms with Gasteiger partial charge in [-0.3, -0.25) is 4.79 Å². The van der Waals surface area contributed by atoms with Crippen molar-refractivity contribution >= 4 is 28.9 Å². The van der Waals surface area contributed by atoms with E-state index in [2.05, 4.69) is 10.6 Å². The van der Waals surface area contributed by atoms with E-state index in [1.165, 1.54) is 11.8 Å². The van der Waals surface area contributed by atoms with E-state index in [1.54, 1.807) is 6.07 Å². The molecule has 1 aromatic carbocycles. The van der Waals surface area contributed by atoms with Gasteiger partial charge in [0.2, 0.25) is 5.22 Å². The first-order chi connectivity index (χ1) is 8.74. The summed E-state index contributed by atoms with van der Waals surface area (Å²) in [4.78, 5) is 11.9. The van der Waals surface area contributed by atoms with Gasteiger partial charge in [0.25, 0.3) is 5.91 Å². The van der Waals surface area contributed by atoms with Crippen molar-refractivity contribution in [2.45, 2.75) is 6.42 Å². The third-order valence-corrected chi connectivity index (χ3v) is 3.23. The molecule has 18 heavy (non-hydrogen) atoms. The third-order valence-electron chi connectivity index (χ3n) is 2.94. The maximum Gasteiger partial charge on any atom is 0.260 e. The van der Waals surface area contributed by atoms with E-state index in [0.717, 1.165) is 24.3 Å². The molecule has 92 valence electrons. The van der Waals surface area contributed by atoms with Crippen molar-refractivity contribution in [3.05, 3.63) is 46.9 Å². The lowest BCUT2D eigenvalue weighted by atomic mass is 10.1. The number of fused-ring (bicyclic) bond motifs is 1. The zero-order valence-electron chi connectivity index (χ0n) is 9.50. The predicted octanol–water partition coefficient (Wildman–Crippen LogP) is 3.15. The number of hydrogen-bond donors (Lipinski definition) is 2. The van der Waals surface area contributed by atoms with Gasteiger partial charge in [0.1, 0.15) is 0 Å². The highest BCUT2D eigenvalue weighted by molar-refractivity contribution is 6.32. The number of nitrogens with one attached hydrogen (secondary N) is 2. The second-order valence-electron chi connectivity index (χ2n) is 4.11. The van der Waals surface area contributed by atoms with Crippen LogP contribution < -0.4 is 10.6 Å². The molecule has 0 bridgehead atoms. The zero-order valence-corrected chi connectivity index (χ0v) is 10.3. The molecule has 4 nitrogen and oxygen atoms in total. The van der Waals surface area contributed by atoms with Crippen LogP contribution in [0.15, 0.2) is 34.9 Å². The number of furan rings is 1. The van der Waals surface area contributed by atoms with Crippen molar-refractivity contribution < 1.29 is 9.21 Å². The molecular formula is C13H11ClN2O2. The second kappa shape index (κ2) is 4.38. The Morgan fingerprint density at radius 1 is 1.39 bits per heavy atom. The predicted molar refractivity (Wildman–Crippen MR) is 70.3 cm³/mol. The van der Waals surface area contributed by atoms with Crippen molar-refractivity contribution in [1.82, 2.24) is 0 Å². The van der Waals surface area contributed by atoms with E-state index in [-0.39, 0.29) is 11.1 Å². The topological polar surface area (TPSA) is 54.3 Å². The monoisotopic (exact) mass is 262 g/mol. The van der Waals surface area contributed by atoms with Gasteiger partial charge in [-0.25, -0.2) is 0 Å². The molecule has 0 unspecified atom stereocenters. The molecule has 0 atom stereocenters. The molecule has 0 saturated heterocycles. The van der Waals surface area contributed by atoms with Crippen LogP contribution in [-0.2, 0) is 6.42 Å². The van der Waals surface area contributed by atoms with Gasteiger partial charge in [-0.1, -0.05) is 0 Å². The highest BCUT2D eigenvalue weighted by atomic mass is 35.5. The summed E-state index contributed by atoms with van der Waals surface area (Å²) in [6, 6.07) is 7.35. The third kappa shape index (κ3) is 1.95. The molecular weight excluding hydrogens is 252 g/mol. The summed E-state index contributed by atoms with van der Waals surface area (Å²) in [6.07, 6.45) is 2.37. The largest absolute Gasteiger partial charge is 0.452 e. The first-order valence-corrected chi connectivity index (χ1v) is 6.03. The second-order valence-corrected chi connectivity index (χ2v) is 4.45. The summed E-state index contributed by atoms with van der Waals surface area (Å²) < 4.78 is 4.89. The smallest absolute Gasteiger partial charge is 0.260 e. The molecule has 2 heterocycles. The molecule has 2 aromatic rings. The van der Waals surface area contributed by atoms with Gasteiger partial charge in [-0.15, -0.1) is 0 Å². The summed E-state index contributed by atoms with van der Waals surface area (Å²) >= 11 is 5.76. The summed E-state index contributed by atoms with van der Waals surface area (Å²) in [5.41, 5.74) is 3.45. The Labute approximate surface area is 109 Å². The van der Waals surface area contributed by atoms with E-state index in [1.807, 2.05) is 18.2 Å². The van der Waals surface area contributed by atoms with Gasteiger partial charge in [0, 0.05) is 17.9 Å². The van der Waals surface area contributed by atoms with E-state index in [0.29, 0.717) is 5.56 Å². The first-order valence-electron chi connectivity index (χ1n) is 5.65. The molecule has 0 fully saturated rings. The number of halogens is 1. The van der Waals surface area contributed by atoms with Gasteiger partial charge < -0.3 is 15.1 Å². The SMILES string of the molecule is O=C(Nc1ccc2c(c1)CCN2)c1ccoc1Cl. The van der Waals surface area contributed by atoms with Crippen LogP contribution in [0.5, 0.6) is 0 Å². The molecule has 1 aliphatic heterocycles. The van der Waals surface area contributed by atoms with Gasteiger partial charge >= 0.3 is 0 Å². The summed E-state index contributed by atoms with van der Waals surface area (Å²) in [6.45, 7) is 0.945. The minimum atomic E-state index is -0.264. The van der Waals surface area contributed by atoms with Gasteiger partial charge in [0.05, 0.1) is 11.8 Å². The summed E-state index contributed by atoms with van der Waals surface area (Å²) in [5, 5.41) is 6.18. The quantitative estimate of drug-likeness (QED) is 0.874. The van der Waals surface area contributed by atoms with E-state index >= 15 is 0 Å². The highest BCUT2D eigenvalue weighted by Crippen LogP contribution is 2.26. The molecule has 1 aromatic heterocycles. The molecule has 0 aliphatic carbocycles. The Bertz CT molecular complexity index is 607. The molecule has 3 rings (SSSR count). The molecule has 0 radical (unpaired) electrons. The molecule has 5 heteroatoms. The Morgan fingerprint density at radius 3 is 3.06 bits per heavy atom. The average molecular weight is 263 g/mol. The standard InChI is InChI=1S/C13H11ClN2O2/c14-12-10(4-6-18-12)13(17)16-9-1-2-11-8(7-9)3-5-15-11/h1-2,4,6-7,15H,3,5H2,(H,16,17). The van der Waals surface area contributed by atoms with Crippen molar-refractivity contribution in [3.8, 4) is 0 Å². The normalized spacial score (nSPS) is 12.9. The van der Waals surface area contributed by atoms with Gasteiger partial charge in [0.15, 0.2) is 0 Å². The number of anilines is 2. The van der Waals surface area contributed by atoms with E-state index < -0.39 is 0 Å². The lowest BCUT2D eigenvalue weighted by molar-refractivity contribution is 0.102. The van der Waals surface area contributed by atoms with Crippen molar-refractivity contribution in [2.75, 3.05) is 17.2 Å². The van der Waals surface area contributed by atoms with Crippen molar-refractivity contribution in [2.24, 2.45) is 0 Å². The molecule has 0 saturated carbocycles. The zero-order chi connectivity index (χ0) is 12.5. The van der Waals surface area contributed by atoms with Gasteiger partial charge in [-0.2, -0.15) is 0 Å². The number of hydrogen-bond acceptors (Lipinski definition) is 3. The maximum atomic E-state index is 11.9. The van der Waals surface area contributed by atoms with Crippen LogP contribution in [-0.4, -0.2) is 12.5 Å². The summed E-state index contributed by atoms with van der Waals surface area (Å²) in [7, 11) is 0. The number of carbonyl (C=O) groups excluding carboxylic acids is 1. The fraction of sp³-hybridized carbons (Fsp3) is 0.154. The first kappa shape index (κ1) is 11.2. The van der Waals surface area contributed by atoms with Crippen LogP contribution in [0.1, 0.15) is 15.9 Å². The number of carbonyl (C=O) groups is 1. The van der Waals surface area contributed by atoms with Crippen molar-refractivity contribution in [1.29, 1.82) is 0 Å². The van der Waals surface area contributed by atoms with Crippen LogP contribution in [0, 0.1) is 0 Å². The Balaban J connectivity index is 1.81. The maximum absolute atomic E-state index is 11.9. The number of rotatable bonds is 2. The fourth-order valence-electron chi connectivity index (χ4n) is 2.04. The Morgan fingerprint density at radius 2 is 2.28 bits per heavy atom. The fourth-order valence-corrected chi connectivity index (χ4v) is 2.24. The van der Waals surface area contributed by atoms with Crippen LogP contribution >= 0.6 is 11.6 Å². The van der Waals surface area contributed by atoms with Crippen LogP contribution in [0.3, 0.4) is 0 Å². The highest BCUT2D eigenvalue weighted by Gasteiger charge is 2.15. The van der Waals surface area contributed by atoms with Gasteiger partial charge in [-0.05, 0) is 47.9 Å². The summed E-state index contributed by atoms with van der Waals surface area (Å²) in [5.74, 6) is -0.264. The minimum absolute atomic E-state index is 0.107. The number of amides is 1. The van der Waals surface area contributed by atoms with E-state index in [4.69, 9.17) is 16.0 Å². The minimum Gasteiger partial charge on any atom is -0.452 e. The Kier molecular flexibility index (Phi) is 2.72. The lowest BCUT2D eigenvalue weighted by Gasteiger charge is -2.06. The molecule has 2 N–H and O–H groups in total. The van der Waals surface area contributed by atoms with Crippen LogP contribution in [0.25, 0.3) is 0 Å².